The molecule has 1 aromatic rings. The van der Waals surface area contributed by atoms with Gasteiger partial charge in [0.1, 0.15) is 5.75 Å². The Labute approximate surface area is 181 Å². The molecule has 0 atom stereocenters. The highest BCUT2D eigenvalue weighted by Crippen LogP contribution is 2.39. The van der Waals surface area contributed by atoms with Gasteiger partial charge >= 0.3 is 0 Å². The third-order valence-corrected chi connectivity index (χ3v) is 6.28. The second-order valence-corrected chi connectivity index (χ2v) is 8.53. The van der Waals surface area contributed by atoms with Crippen LogP contribution in [0.1, 0.15) is 32.6 Å². The molecular formula is C23H37N5O2. The molecule has 7 nitrogen and oxygen atoms in total. The molecule has 1 saturated heterocycles. The Morgan fingerprint density at radius 1 is 1.20 bits per heavy atom. The summed E-state index contributed by atoms with van der Waals surface area (Å²) < 4.78 is 5.37. The maximum Gasteiger partial charge on any atom is 0.230 e. The van der Waals surface area contributed by atoms with Crippen LogP contribution in [-0.4, -0.2) is 82.1 Å². The largest absolute Gasteiger partial charge is 0.497 e. The van der Waals surface area contributed by atoms with Crippen LogP contribution in [0.25, 0.3) is 0 Å². The van der Waals surface area contributed by atoms with Gasteiger partial charge in [-0.1, -0.05) is 18.9 Å². The van der Waals surface area contributed by atoms with Crippen LogP contribution >= 0.6 is 0 Å². The van der Waals surface area contributed by atoms with Crippen LogP contribution in [0, 0.1) is 5.41 Å². The van der Waals surface area contributed by atoms with Crippen molar-refractivity contribution in [1.82, 2.24) is 15.1 Å². The number of benzene rings is 1. The number of carbonyl (C=O) groups excluding carboxylic acids is 1. The lowest BCUT2D eigenvalue weighted by molar-refractivity contribution is -0.138. The first-order chi connectivity index (χ1) is 14.5. The number of anilines is 1. The van der Waals surface area contributed by atoms with E-state index in [0.717, 1.165) is 70.1 Å². The van der Waals surface area contributed by atoms with Crippen LogP contribution in [0.4, 0.5) is 5.69 Å². The Morgan fingerprint density at radius 2 is 1.90 bits per heavy atom. The third kappa shape index (κ3) is 4.99. The molecule has 1 aliphatic carbocycles. The third-order valence-electron chi connectivity index (χ3n) is 6.28. The van der Waals surface area contributed by atoms with E-state index in [1.807, 2.05) is 26.2 Å². The van der Waals surface area contributed by atoms with Gasteiger partial charge in [0.05, 0.1) is 19.1 Å². The topological polar surface area (TPSA) is 60.4 Å². The van der Waals surface area contributed by atoms with Crippen LogP contribution in [0.5, 0.6) is 5.75 Å². The van der Waals surface area contributed by atoms with Gasteiger partial charge in [-0.25, -0.2) is 0 Å². The lowest BCUT2D eigenvalue weighted by Gasteiger charge is -2.38. The van der Waals surface area contributed by atoms with Crippen molar-refractivity contribution in [2.45, 2.75) is 32.6 Å². The quantitative estimate of drug-likeness (QED) is 0.571. The molecule has 0 bridgehead atoms. The molecule has 30 heavy (non-hydrogen) atoms. The van der Waals surface area contributed by atoms with Crippen molar-refractivity contribution >= 4 is 17.6 Å². The van der Waals surface area contributed by atoms with E-state index < -0.39 is 0 Å². The van der Waals surface area contributed by atoms with Crippen LogP contribution in [0.3, 0.4) is 0 Å². The highest BCUT2D eigenvalue weighted by molar-refractivity contribution is 5.84. The van der Waals surface area contributed by atoms with Gasteiger partial charge in [0, 0.05) is 58.6 Å². The van der Waals surface area contributed by atoms with Crippen LogP contribution in [0.2, 0.25) is 0 Å². The fraction of sp³-hybridized carbons (Fsp3) is 0.652. The summed E-state index contributed by atoms with van der Waals surface area (Å²) in [6, 6.07) is 8.23. The summed E-state index contributed by atoms with van der Waals surface area (Å²) in [5, 5.41) is 3.45. The van der Waals surface area contributed by atoms with Gasteiger partial charge in [-0.2, -0.15) is 0 Å². The minimum absolute atomic E-state index is 0.224. The zero-order valence-corrected chi connectivity index (χ0v) is 19.0. The van der Waals surface area contributed by atoms with E-state index >= 15 is 0 Å². The van der Waals surface area contributed by atoms with E-state index in [0.29, 0.717) is 6.54 Å². The Hall–Kier alpha value is -2.44. The van der Waals surface area contributed by atoms with Gasteiger partial charge in [-0.15, -0.1) is 0 Å². The molecule has 1 heterocycles. The molecule has 166 valence electrons. The predicted octanol–water partition coefficient (Wildman–Crippen LogP) is 2.43. The molecule has 0 aromatic heterocycles. The Kier molecular flexibility index (Phi) is 7.45. The molecule has 3 rings (SSSR count). The number of piperazine rings is 1. The maximum absolute atomic E-state index is 12.9. The summed E-state index contributed by atoms with van der Waals surface area (Å²) in [6.07, 6.45) is 4.11. The summed E-state index contributed by atoms with van der Waals surface area (Å²) in [4.78, 5) is 24.3. The minimum Gasteiger partial charge on any atom is -0.497 e. The summed E-state index contributed by atoms with van der Waals surface area (Å²) in [5.41, 5.74) is 0.865. The summed E-state index contributed by atoms with van der Waals surface area (Å²) >= 11 is 0. The minimum atomic E-state index is -0.327. The highest BCUT2D eigenvalue weighted by Gasteiger charge is 2.42. The molecule has 7 heteroatoms. The molecule has 1 amide bonds. The zero-order valence-electron chi connectivity index (χ0n) is 19.0. The number of hydrogen-bond acceptors (Lipinski definition) is 4. The second-order valence-electron chi connectivity index (χ2n) is 8.53. The zero-order chi connectivity index (χ0) is 21.6. The number of carbonyl (C=O) groups is 1. The van der Waals surface area contributed by atoms with Crippen LogP contribution in [-0.2, 0) is 4.79 Å². The number of guanidine groups is 1. The van der Waals surface area contributed by atoms with E-state index in [9.17, 15) is 4.79 Å². The fourth-order valence-corrected chi connectivity index (χ4v) is 4.60. The predicted molar refractivity (Wildman–Crippen MR) is 122 cm³/mol. The van der Waals surface area contributed by atoms with E-state index in [-0.39, 0.29) is 11.3 Å². The average molecular weight is 416 g/mol. The number of hydrogen-bond donors (Lipinski definition) is 1. The van der Waals surface area contributed by atoms with Crippen molar-refractivity contribution in [3.8, 4) is 5.75 Å². The molecule has 2 fully saturated rings. The molecule has 1 aromatic carbocycles. The van der Waals surface area contributed by atoms with Gasteiger partial charge < -0.3 is 24.8 Å². The van der Waals surface area contributed by atoms with Crippen molar-refractivity contribution in [2.75, 3.05) is 65.4 Å². The first-order valence-corrected chi connectivity index (χ1v) is 11.1. The number of methoxy groups -OCH3 is 1. The van der Waals surface area contributed by atoms with Gasteiger partial charge in [-0.3, -0.25) is 9.79 Å². The molecule has 0 unspecified atom stereocenters. The molecule has 2 aliphatic rings. The van der Waals surface area contributed by atoms with Crippen molar-refractivity contribution < 1.29 is 9.53 Å². The molecule has 1 aliphatic heterocycles. The van der Waals surface area contributed by atoms with Crippen LogP contribution < -0.4 is 15.0 Å². The molecule has 0 radical (unpaired) electrons. The van der Waals surface area contributed by atoms with E-state index in [1.54, 1.807) is 12.0 Å². The molecule has 1 N–H and O–H groups in total. The van der Waals surface area contributed by atoms with Gasteiger partial charge in [0.15, 0.2) is 5.96 Å². The first kappa shape index (κ1) is 22.2. The van der Waals surface area contributed by atoms with E-state index in [2.05, 4.69) is 34.2 Å². The first-order valence-electron chi connectivity index (χ1n) is 11.1. The number of nitrogens with one attached hydrogen (secondary N) is 1. The molecule has 0 spiro atoms. The van der Waals surface area contributed by atoms with Crippen molar-refractivity contribution in [3.05, 3.63) is 24.3 Å². The van der Waals surface area contributed by atoms with Crippen molar-refractivity contribution in [1.29, 1.82) is 0 Å². The summed E-state index contributed by atoms with van der Waals surface area (Å²) in [7, 11) is 5.42. The van der Waals surface area contributed by atoms with Gasteiger partial charge in [-0.05, 0) is 31.9 Å². The number of rotatable bonds is 6. The molecular weight excluding hydrogens is 378 g/mol. The van der Waals surface area contributed by atoms with Gasteiger partial charge in [0.25, 0.3) is 0 Å². The second kappa shape index (κ2) is 10.0. The average Bonchev–Trinajstić information content (AvgIpc) is 3.26. The normalized spacial score (nSPS) is 19.0. The number of ether oxygens (including phenoxy) is 1. The lowest BCUT2D eigenvalue weighted by atomic mass is 9.85. The van der Waals surface area contributed by atoms with Crippen molar-refractivity contribution in [3.63, 3.8) is 0 Å². The van der Waals surface area contributed by atoms with Gasteiger partial charge in [0.2, 0.25) is 5.91 Å². The highest BCUT2D eigenvalue weighted by atomic mass is 16.5. The number of aliphatic imine (C=N–C) groups is 1. The fourth-order valence-electron chi connectivity index (χ4n) is 4.60. The Bertz CT molecular complexity index is 735. The Morgan fingerprint density at radius 3 is 2.50 bits per heavy atom. The lowest BCUT2D eigenvalue weighted by Crippen LogP contribution is -2.53. The maximum atomic E-state index is 12.9. The summed E-state index contributed by atoms with van der Waals surface area (Å²) in [6.45, 7) is 7.15. The standard InChI is InChI=1S/C23H37N5O2/c1-5-24-22(25-18-23(11-6-7-12-23)21(29)26(2)3)28-15-13-27(14-16-28)19-9-8-10-20(17-19)30-4/h8-10,17H,5-7,11-16,18H2,1-4H3,(H,24,25). The monoisotopic (exact) mass is 415 g/mol. The van der Waals surface area contributed by atoms with E-state index in [1.165, 1.54) is 5.69 Å². The Balaban J connectivity index is 1.67. The summed E-state index contributed by atoms with van der Waals surface area (Å²) in [5.74, 6) is 2.04. The number of nitrogens with zero attached hydrogens (tertiary/aromatic N) is 4. The number of amides is 1. The van der Waals surface area contributed by atoms with E-state index in [4.69, 9.17) is 9.73 Å². The van der Waals surface area contributed by atoms with Crippen molar-refractivity contribution in [2.24, 2.45) is 10.4 Å². The smallest absolute Gasteiger partial charge is 0.230 e. The SMILES string of the molecule is CCNC(=NCC1(C(=O)N(C)C)CCCC1)N1CCN(c2cccc(OC)c2)CC1. The van der Waals surface area contributed by atoms with Crippen LogP contribution in [0.15, 0.2) is 29.3 Å². The molecule has 1 saturated carbocycles.